The van der Waals surface area contributed by atoms with Crippen LogP contribution in [0.3, 0.4) is 0 Å². The minimum absolute atomic E-state index is 0.0737. The van der Waals surface area contributed by atoms with E-state index in [1.54, 1.807) is 4.90 Å². The molecule has 2 rings (SSSR count). The van der Waals surface area contributed by atoms with Gasteiger partial charge in [0.25, 0.3) is 5.91 Å². The summed E-state index contributed by atoms with van der Waals surface area (Å²) in [5.41, 5.74) is 2.53. The summed E-state index contributed by atoms with van der Waals surface area (Å²) in [4.78, 5) is 13.8. The van der Waals surface area contributed by atoms with Gasteiger partial charge in [-0.2, -0.15) is 0 Å². The van der Waals surface area contributed by atoms with E-state index in [1.807, 2.05) is 33.9 Å². The van der Waals surface area contributed by atoms with Gasteiger partial charge in [-0.15, -0.1) is 0 Å². The lowest BCUT2D eigenvalue weighted by molar-refractivity contribution is -0.121. The highest BCUT2D eigenvalue weighted by atomic mass is 79.9. The van der Waals surface area contributed by atoms with Crippen LogP contribution in [0.25, 0.3) is 0 Å². The van der Waals surface area contributed by atoms with E-state index in [0.29, 0.717) is 0 Å². The molecule has 1 aliphatic rings. The molecule has 86 valence electrons. The van der Waals surface area contributed by atoms with Gasteiger partial charge in [0.05, 0.1) is 11.4 Å². The van der Waals surface area contributed by atoms with E-state index in [1.165, 1.54) is 0 Å². The zero-order chi connectivity index (χ0) is 12.1. The summed E-state index contributed by atoms with van der Waals surface area (Å²) in [5, 5.41) is 3.28. The molecule has 1 aromatic rings. The highest BCUT2D eigenvalue weighted by Gasteiger charge is 2.37. The van der Waals surface area contributed by atoms with Crippen LogP contribution in [0.15, 0.2) is 16.6 Å². The highest BCUT2D eigenvalue weighted by Crippen LogP contribution is 2.40. The minimum Gasteiger partial charge on any atom is -0.370 e. The lowest BCUT2D eigenvalue weighted by atomic mass is 9.98. The first-order valence-corrected chi connectivity index (χ1v) is 5.99. The lowest BCUT2D eigenvalue weighted by Gasteiger charge is -2.38. The molecule has 0 fully saturated rings. The Kier molecular flexibility index (Phi) is 2.49. The second-order valence-corrected chi connectivity index (χ2v) is 5.61. The van der Waals surface area contributed by atoms with Crippen molar-refractivity contribution in [1.82, 2.24) is 0 Å². The number of carbonyl (C=O) groups is 1. The van der Waals surface area contributed by atoms with E-state index < -0.39 is 5.54 Å². The van der Waals surface area contributed by atoms with E-state index in [-0.39, 0.29) is 5.91 Å². The van der Waals surface area contributed by atoms with Crippen LogP contribution in [0.1, 0.15) is 19.4 Å². The minimum atomic E-state index is -0.547. The number of likely N-dealkylation sites (N-methyl/N-ethyl adjacent to an activating group) is 1. The molecule has 4 heteroatoms. The second kappa shape index (κ2) is 3.48. The summed E-state index contributed by atoms with van der Waals surface area (Å²) in [7, 11) is 1.81. The van der Waals surface area contributed by atoms with E-state index in [4.69, 9.17) is 0 Å². The molecular formula is C12H15BrN2O. The summed E-state index contributed by atoms with van der Waals surface area (Å²) in [6.45, 7) is 5.83. The molecular weight excluding hydrogens is 268 g/mol. The van der Waals surface area contributed by atoms with Gasteiger partial charge in [0.1, 0.15) is 5.54 Å². The van der Waals surface area contributed by atoms with E-state index >= 15 is 0 Å². The number of nitrogens with zero attached hydrogens (tertiary/aromatic N) is 1. The van der Waals surface area contributed by atoms with Crippen molar-refractivity contribution < 1.29 is 4.79 Å². The van der Waals surface area contributed by atoms with Gasteiger partial charge in [-0.25, -0.2) is 0 Å². The molecule has 0 radical (unpaired) electrons. The third kappa shape index (κ3) is 1.61. The fraction of sp³-hybridized carbons (Fsp3) is 0.417. The predicted octanol–water partition coefficient (Wildman–Crippen LogP) is 2.92. The quantitative estimate of drug-likeness (QED) is 0.794. The van der Waals surface area contributed by atoms with Crippen LogP contribution in [0, 0.1) is 6.92 Å². The molecule has 0 saturated carbocycles. The summed E-state index contributed by atoms with van der Waals surface area (Å²) < 4.78 is 0.946. The molecule has 0 saturated heterocycles. The molecule has 0 bridgehead atoms. The number of benzene rings is 1. The van der Waals surface area contributed by atoms with Crippen molar-refractivity contribution in [1.29, 1.82) is 0 Å². The topological polar surface area (TPSA) is 32.3 Å². The van der Waals surface area contributed by atoms with Gasteiger partial charge in [0.2, 0.25) is 0 Å². The predicted molar refractivity (Wildman–Crippen MR) is 70.0 cm³/mol. The number of halogens is 1. The van der Waals surface area contributed by atoms with Crippen molar-refractivity contribution in [2.75, 3.05) is 17.3 Å². The second-order valence-electron chi connectivity index (χ2n) is 4.76. The van der Waals surface area contributed by atoms with E-state index in [0.717, 1.165) is 21.4 Å². The lowest BCUT2D eigenvalue weighted by Crippen LogP contribution is -2.52. The Hall–Kier alpha value is -1.03. The Balaban J connectivity index is 2.64. The fourth-order valence-electron chi connectivity index (χ4n) is 2.08. The van der Waals surface area contributed by atoms with Gasteiger partial charge < -0.3 is 10.2 Å². The van der Waals surface area contributed by atoms with E-state index in [2.05, 4.69) is 27.3 Å². The van der Waals surface area contributed by atoms with Crippen LogP contribution in [-0.2, 0) is 4.79 Å². The molecule has 0 atom stereocenters. The Morgan fingerprint density at radius 2 is 2.00 bits per heavy atom. The van der Waals surface area contributed by atoms with Crippen LogP contribution < -0.4 is 10.2 Å². The first-order valence-electron chi connectivity index (χ1n) is 5.19. The Morgan fingerprint density at radius 1 is 1.38 bits per heavy atom. The average Bonchev–Trinajstić information content (AvgIpc) is 2.12. The van der Waals surface area contributed by atoms with Gasteiger partial charge in [-0.05, 0) is 54.4 Å². The number of rotatable bonds is 0. The number of fused-ring (bicyclic) bond motifs is 1. The third-order valence-corrected chi connectivity index (χ3v) is 3.43. The maximum absolute atomic E-state index is 12.1. The first-order chi connectivity index (χ1) is 7.33. The first kappa shape index (κ1) is 11.5. The van der Waals surface area contributed by atoms with Gasteiger partial charge >= 0.3 is 0 Å². The van der Waals surface area contributed by atoms with Crippen molar-refractivity contribution in [2.24, 2.45) is 0 Å². The average molecular weight is 283 g/mol. The standard InChI is InChI=1S/C12H15BrN2O/c1-7-5-8(13)10-9(6-7)14-12(2,3)11(16)15(10)4/h5-6,14H,1-4H3. The van der Waals surface area contributed by atoms with Crippen molar-refractivity contribution in [3.05, 3.63) is 22.2 Å². The van der Waals surface area contributed by atoms with Crippen LogP contribution in [-0.4, -0.2) is 18.5 Å². The molecule has 1 heterocycles. The molecule has 1 amide bonds. The van der Waals surface area contributed by atoms with Crippen molar-refractivity contribution in [3.63, 3.8) is 0 Å². The Morgan fingerprint density at radius 3 is 2.62 bits per heavy atom. The number of hydrogen-bond donors (Lipinski definition) is 1. The number of hydrogen-bond acceptors (Lipinski definition) is 2. The number of amides is 1. The van der Waals surface area contributed by atoms with Crippen LogP contribution in [0.5, 0.6) is 0 Å². The van der Waals surface area contributed by atoms with Crippen molar-refractivity contribution in [2.45, 2.75) is 26.3 Å². The molecule has 1 aromatic carbocycles. The van der Waals surface area contributed by atoms with Crippen molar-refractivity contribution in [3.8, 4) is 0 Å². The molecule has 3 nitrogen and oxygen atoms in total. The zero-order valence-electron chi connectivity index (χ0n) is 9.89. The number of nitrogens with one attached hydrogen (secondary N) is 1. The molecule has 1 N–H and O–H groups in total. The smallest absolute Gasteiger partial charge is 0.251 e. The van der Waals surface area contributed by atoms with Gasteiger partial charge in [-0.3, -0.25) is 4.79 Å². The molecule has 16 heavy (non-hydrogen) atoms. The SMILES string of the molecule is Cc1cc(Br)c2c(c1)NC(C)(C)C(=O)N2C. The number of carbonyl (C=O) groups excluding carboxylic acids is 1. The molecule has 0 spiro atoms. The Bertz CT molecular complexity index is 468. The summed E-state index contributed by atoms with van der Waals surface area (Å²) in [5.74, 6) is 0.0737. The molecule has 0 unspecified atom stereocenters. The molecule has 0 aromatic heterocycles. The monoisotopic (exact) mass is 282 g/mol. The number of aryl methyl sites for hydroxylation is 1. The van der Waals surface area contributed by atoms with Crippen molar-refractivity contribution >= 4 is 33.2 Å². The zero-order valence-corrected chi connectivity index (χ0v) is 11.5. The van der Waals surface area contributed by atoms with E-state index in [9.17, 15) is 4.79 Å². The summed E-state index contributed by atoms with van der Waals surface area (Å²) in [6.07, 6.45) is 0. The maximum atomic E-state index is 12.1. The molecule has 1 aliphatic heterocycles. The fourth-order valence-corrected chi connectivity index (χ4v) is 2.92. The normalized spacial score (nSPS) is 18.1. The van der Waals surface area contributed by atoms with Gasteiger partial charge in [-0.1, -0.05) is 0 Å². The summed E-state index contributed by atoms with van der Waals surface area (Å²) >= 11 is 3.50. The van der Waals surface area contributed by atoms with Gasteiger partial charge in [0.15, 0.2) is 0 Å². The third-order valence-electron chi connectivity index (χ3n) is 2.83. The van der Waals surface area contributed by atoms with Crippen LogP contribution in [0.2, 0.25) is 0 Å². The number of anilines is 2. The maximum Gasteiger partial charge on any atom is 0.251 e. The van der Waals surface area contributed by atoms with Crippen LogP contribution >= 0.6 is 15.9 Å². The highest BCUT2D eigenvalue weighted by molar-refractivity contribution is 9.10. The van der Waals surface area contributed by atoms with Crippen LogP contribution in [0.4, 0.5) is 11.4 Å². The molecule has 0 aliphatic carbocycles. The largest absolute Gasteiger partial charge is 0.370 e. The summed E-state index contributed by atoms with van der Waals surface area (Å²) in [6, 6.07) is 4.08. The van der Waals surface area contributed by atoms with Gasteiger partial charge in [0, 0.05) is 11.5 Å². The Labute approximate surface area is 104 Å².